The molecule has 1 aromatic carbocycles. The molecule has 0 bridgehead atoms. The Morgan fingerprint density at radius 1 is 1.27 bits per heavy atom. The van der Waals surface area contributed by atoms with E-state index in [1.807, 2.05) is 24.3 Å². The van der Waals surface area contributed by atoms with Gasteiger partial charge in [0, 0.05) is 10.1 Å². The summed E-state index contributed by atoms with van der Waals surface area (Å²) in [4.78, 5) is 14.6. The molecule has 2 aromatic heterocycles. The van der Waals surface area contributed by atoms with E-state index >= 15 is 0 Å². The molecule has 0 aliphatic carbocycles. The van der Waals surface area contributed by atoms with Crippen molar-refractivity contribution in [3.8, 4) is 0 Å². The lowest BCUT2D eigenvalue weighted by Gasteiger charge is -2.14. The molecule has 0 amide bonds. The van der Waals surface area contributed by atoms with E-state index in [-0.39, 0.29) is 15.8 Å². The number of carbonyl (C=O) groups is 1. The van der Waals surface area contributed by atoms with Gasteiger partial charge in [0.05, 0.1) is 0 Å². The van der Waals surface area contributed by atoms with Crippen molar-refractivity contribution in [2.45, 2.75) is 0 Å². The second-order valence-electron chi connectivity index (χ2n) is 4.19. The third kappa shape index (κ3) is 2.68. The summed E-state index contributed by atoms with van der Waals surface area (Å²) in [5, 5.41) is 11.0. The molecule has 3 rings (SSSR count). The number of thiophene rings is 1. The first-order valence-electron chi connectivity index (χ1n) is 5.81. The highest BCUT2D eigenvalue weighted by molar-refractivity contribution is 7.88. The van der Waals surface area contributed by atoms with Crippen molar-refractivity contribution in [1.29, 1.82) is 0 Å². The van der Waals surface area contributed by atoms with Crippen LogP contribution < -0.4 is 4.31 Å². The van der Waals surface area contributed by atoms with Gasteiger partial charge >= 0.3 is 16.3 Å². The summed E-state index contributed by atoms with van der Waals surface area (Å²) in [6.45, 7) is 0. The predicted octanol–water partition coefficient (Wildman–Crippen LogP) is 3.00. The first-order chi connectivity index (χ1) is 10.4. The minimum absolute atomic E-state index is 0.133. The molecular formula is C12H8N2O5S3. The van der Waals surface area contributed by atoms with E-state index in [0.717, 1.165) is 32.8 Å². The summed E-state index contributed by atoms with van der Waals surface area (Å²) in [5.74, 6) is -1.27. The second-order valence-corrected chi connectivity index (χ2v) is 7.34. The number of benzene rings is 1. The smallest absolute Gasteiger partial charge is 0.366 e. The van der Waals surface area contributed by atoms with Gasteiger partial charge in [0.1, 0.15) is 5.00 Å². The Morgan fingerprint density at radius 3 is 2.59 bits per heavy atom. The molecule has 2 N–H and O–H groups in total. The van der Waals surface area contributed by atoms with Crippen LogP contribution >= 0.6 is 22.7 Å². The zero-order valence-electron chi connectivity index (χ0n) is 10.7. The van der Waals surface area contributed by atoms with Gasteiger partial charge in [-0.15, -0.1) is 22.7 Å². The topological polar surface area (TPSA) is 108 Å². The van der Waals surface area contributed by atoms with E-state index in [1.54, 1.807) is 6.07 Å². The lowest BCUT2D eigenvalue weighted by molar-refractivity contribution is 0.0691. The molecule has 0 saturated heterocycles. The van der Waals surface area contributed by atoms with E-state index in [0.29, 0.717) is 4.31 Å². The van der Waals surface area contributed by atoms with Crippen molar-refractivity contribution >= 4 is 59.2 Å². The van der Waals surface area contributed by atoms with Gasteiger partial charge in [0.15, 0.2) is 5.69 Å². The summed E-state index contributed by atoms with van der Waals surface area (Å²) in [7, 11) is -4.63. The molecule has 114 valence electrons. The van der Waals surface area contributed by atoms with Gasteiger partial charge in [-0.05, 0) is 17.5 Å². The van der Waals surface area contributed by atoms with Gasteiger partial charge in [0.2, 0.25) is 5.13 Å². The van der Waals surface area contributed by atoms with Crippen LogP contribution in [0.1, 0.15) is 10.5 Å². The molecule has 0 unspecified atom stereocenters. The zero-order chi connectivity index (χ0) is 15.9. The number of carboxylic acid groups (broad SMARTS) is 1. The molecule has 0 spiro atoms. The monoisotopic (exact) mass is 356 g/mol. The standard InChI is InChI=1S/C12H8N2O5S3/c15-11(16)8-6-20-12(13-8)14(22(17,18)19)10-5-7-3-1-2-4-9(7)21-10/h1-6H,(H,15,16)(H,17,18,19). The highest BCUT2D eigenvalue weighted by Gasteiger charge is 2.27. The van der Waals surface area contributed by atoms with E-state index < -0.39 is 16.3 Å². The SMILES string of the molecule is O=C(O)c1csc(N(c2cc3ccccc3s2)S(=O)(=O)O)n1. The van der Waals surface area contributed by atoms with Crippen LogP contribution in [0.3, 0.4) is 0 Å². The Morgan fingerprint density at radius 2 is 2.00 bits per heavy atom. The van der Waals surface area contributed by atoms with Crippen molar-refractivity contribution in [3.05, 3.63) is 41.4 Å². The summed E-state index contributed by atoms with van der Waals surface area (Å²) in [6, 6.07) is 8.84. The molecule has 0 saturated carbocycles. The number of nitrogens with zero attached hydrogens (tertiary/aromatic N) is 2. The first-order valence-corrected chi connectivity index (χ1v) is 8.91. The Labute approximate surface area is 133 Å². The van der Waals surface area contributed by atoms with Gasteiger partial charge in [-0.3, -0.25) is 4.55 Å². The van der Waals surface area contributed by atoms with Crippen LogP contribution in [0.5, 0.6) is 0 Å². The molecule has 0 aliphatic heterocycles. The third-order valence-electron chi connectivity index (χ3n) is 2.73. The fourth-order valence-electron chi connectivity index (χ4n) is 1.83. The molecule has 7 nitrogen and oxygen atoms in total. The van der Waals surface area contributed by atoms with Crippen LogP contribution in [-0.4, -0.2) is 29.0 Å². The van der Waals surface area contributed by atoms with Gasteiger partial charge in [0.25, 0.3) is 0 Å². The number of fused-ring (bicyclic) bond motifs is 1. The molecule has 0 atom stereocenters. The van der Waals surface area contributed by atoms with Gasteiger partial charge in [-0.1, -0.05) is 18.2 Å². The maximum absolute atomic E-state index is 11.7. The van der Waals surface area contributed by atoms with Gasteiger partial charge in [-0.2, -0.15) is 12.7 Å². The Kier molecular flexibility index (Phi) is 3.60. The second kappa shape index (κ2) is 5.32. The minimum atomic E-state index is -4.63. The van der Waals surface area contributed by atoms with Crippen molar-refractivity contribution in [3.63, 3.8) is 0 Å². The molecular weight excluding hydrogens is 348 g/mol. The van der Waals surface area contributed by atoms with Crippen molar-refractivity contribution in [1.82, 2.24) is 4.98 Å². The number of hydrogen-bond donors (Lipinski definition) is 2. The van der Waals surface area contributed by atoms with Crippen LogP contribution in [0.2, 0.25) is 0 Å². The van der Waals surface area contributed by atoms with Gasteiger partial charge < -0.3 is 5.11 Å². The van der Waals surface area contributed by atoms with Crippen LogP contribution in [0.15, 0.2) is 35.7 Å². The summed E-state index contributed by atoms with van der Waals surface area (Å²) in [6.07, 6.45) is 0. The molecule has 0 aliphatic rings. The fraction of sp³-hybridized carbons (Fsp3) is 0. The minimum Gasteiger partial charge on any atom is -0.476 e. The maximum atomic E-state index is 11.7. The van der Waals surface area contributed by atoms with E-state index in [4.69, 9.17) is 5.11 Å². The van der Waals surface area contributed by atoms with Crippen LogP contribution in [0.4, 0.5) is 10.1 Å². The lowest BCUT2D eigenvalue weighted by atomic mass is 10.3. The van der Waals surface area contributed by atoms with Gasteiger partial charge in [-0.25, -0.2) is 9.78 Å². The molecule has 10 heteroatoms. The number of aromatic carboxylic acids is 1. The third-order valence-corrected chi connectivity index (χ3v) is 5.72. The van der Waals surface area contributed by atoms with E-state index in [2.05, 4.69) is 4.98 Å². The van der Waals surface area contributed by atoms with E-state index in [9.17, 15) is 17.8 Å². The Bertz CT molecular complexity index is 927. The number of anilines is 2. The number of hydrogen-bond acceptors (Lipinski definition) is 6. The molecule has 0 radical (unpaired) electrons. The molecule has 0 fully saturated rings. The Balaban J connectivity index is 2.16. The number of thiazole rings is 1. The quantitative estimate of drug-likeness (QED) is 0.696. The van der Waals surface area contributed by atoms with E-state index in [1.165, 1.54) is 5.38 Å². The van der Waals surface area contributed by atoms with Crippen molar-refractivity contribution in [2.75, 3.05) is 4.31 Å². The normalized spacial score (nSPS) is 11.7. The van der Waals surface area contributed by atoms with Crippen molar-refractivity contribution in [2.24, 2.45) is 0 Å². The molecule has 3 aromatic rings. The van der Waals surface area contributed by atoms with Crippen LogP contribution in [0, 0.1) is 0 Å². The highest BCUT2D eigenvalue weighted by atomic mass is 32.2. The van der Waals surface area contributed by atoms with Crippen LogP contribution in [-0.2, 0) is 10.3 Å². The summed E-state index contributed by atoms with van der Waals surface area (Å²) in [5.41, 5.74) is -0.283. The first kappa shape index (κ1) is 14.9. The largest absolute Gasteiger partial charge is 0.476 e. The fourth-order valence-corrected chi connectivity index (χ4v) is 4.90. The highest BCUT2D eigenvalue weighted by Crippen LogP contribution is 2.39. The summed E-state index contributed by atoms with van der Waals surface area (Å²) >= 11 is 1.97. The maximum Gasteiger partial charge on any atom is 0.366 e. The predicted molar refractivity (Wildman–Crippen MR) is 84.6 cm³/mol. The van der Waals surface area contributed by atoms with Crippen LogP contribution in [0.25, 0.3) is 10.1 Å². The number of carboxylic acids is 1. The molecule has 2 heterocycles. The molecule has 22 heavy (non-hydrogen) atoms. The van der Waals surface area contributed by atoms with Crippen molar-refractivity contribution < 1.29 is 22.9 Å². The zero-order valence-corrected chi connectivity index (χ0v) is 13.2. The number of rotatable bonds is 4. The number of aromatic nitrogens is 1. The average Bonchev–Trinajstić information content (AvgIpc) is 3.03. The Hall–Kier alpha value is -2.01. The lowest BCUT2D eigenvalue weighted by Crippen LogP contribution is -2.24. The summed E-state index contributed by atoms with van der Waals surface area (Å²) < 4.78 is 34.3. The average molecular weight is 356 g/mol.